The summed E-state index contributed by atoms with van der Waals surface area (Å²) >= 11 is 10.9. The summed E-state index contributed by atoms with van der Waals surface area (Å²) in [5.41, 5.74) is 0.565. The molecule has 1 aliphatic rings. The maximum absolute atomic E-state index is 12.8. The highest BCUT2D eigenvalue weighted by molar-refractivity contribution is 7.89. The average Bonchev–Trinajstić information content (AvgIpc) is 2.74. The number of halogens is 1. The zero-order valence-electron chi connectivity index (χ0n) is 17.0. The molecule has 0 spiro atoms. The fourth-order valence-electron chi connectivity index (χ4n) is 3.09. The van der Waals surface area contributed by atoms with E-state index < -0.39 is 15.9 Å². The Morgan fingerprint density at radius 1 is 1.13 bits per heavy atom. The topological polar surface area (TPSA) is 87.7 Å². The fraction of sp³-hybridized carbons (Fsp3) is 0.333. The van der Waals surface area contributed by atoms with Gasteiger partial charge < -0.3 is 10.1 Å². The Labute approximate surface area is 192 Å². The van der Waals surface area contributed by atoms with Crippen molar-refractivity contribution in [3.8, 4) is 5.75 Å². The lowest BCUT2D eigenvalue weighted by molar-refractivity contribution is -0.121. The monoisotopic (exact) mass is 481 g/mol. The molecule has 0 unspecified atom stereocenters. The first-order valence-corrected chi connectivity index (χ1v) is 12.1. The quantitative estimate of drug-likeness (QED) is 0.612. The third kappa shape index (κ3) is 6.64. The van der Waals surface area contributed by atoms with Gasteiger partial charge in [-0.3, -0.25) is 10.1 Å². The van der Waals surface area contributed by atoms with Gasteiger partial charge in [0.2, 0.25) is 10.0 Å². The highest BCUT2D eigenvalue weighted by Crippen LogP contribution is 2.24. The lowest BCUT2D eigenvalue weighted by Crippen LogP contribution is -2.38. The van der Waals surface area contributed by atoms with Gasteiger partial charge in [-0.05, 0) is 79.5 Å². The van der Waals surface area contributed by atoms with E-state index in [9.17, 15) is 13.2 Å². The summed E-state index contributed by atoms with van der Waals surface area (Å²) in [6.45, 7) is 3.00. The van der Waals surface area contributed by atoms with Crippen LogP contribution in [0.3, 0.4) is 0 Å². The largest absolute Gasteiger partial charge is 0.484 e. The zero-order chi connectivity index (χ0) is 22.4. The van der Waals surface area contributed by atoms with E-state index in [0.717, 1.165) is 12.8 Å². The maximum Gasteiger partial charge on any atom is 0.264 e. The van der Waals surface area contributed by atoms with Crippen molar-refractivity contribution in [2.24, 2.45) is 5.92 Å². The summed E-state index contributed by atoms with van der Waals surface area (Å²) in [7, 11) is -3.51. The third-order valence-electron chi connectivity index (χ3n) is 4.93. The maximum atomic E-state index is 12.8. The normalized spacial score (nSPS) is 15.3. The number of nitrogens with one attached hydrogen (secondary N) is 2. The van der Waals surface area contributed by atoms with Gasteiger partial charge in [-0.2, -0.15) is 4.31 Å². The molecule has 2 aromatic carbocycles. The van der Waals surface area contributed by atoms with Crippen LogP contribution in [-0.4, -0.2) is 43.4 Å². The first-order valence-electron chi connectivity index (χ1n) is 9.83. The van der Waals surface area contributed by atoms with Crippen molar-refractivity contribution < 1.29 is 17.9 Å². The van der Waals surface area contributed by atoms with Gasteiger partial charge in [0.25, 0.3) is 5.91 Å². The molecule has 1 saturated heterocycles. The molecule has 0 bridgehead atoms. The fourth-order valence-corrected chi connectivity index (χ4v) is 4.92. The number of carbonyl (C=O) groups is 1. The van der Waals surface area contributed by atoms with Crippen LogP contribution in [0.4, 0.5) is 5.69 Å². The summed E-state index contributed by atoms with van der Waals surface area (Å²) < 4.78 is 32.5. The molecule has 1 aliphatic heterocycles. The second-order valence-corrected chi connectivity index (χ2v) is 10.1. The predicted molar refractivity (Wildman–Crippen MR) is 125 cm³/mol. The summed E-state index contributed by atoms with van der Waals surface area (Å²) in [6.07, 6.45) is 1.74. The van der Waals surface area contributed by atoms with E-state index in [4.69, 9.17) is 28.6 Å². The second kappa shape index (κ2) is 10.4. The van der Waals surface area contributed by atoms with Gasteiger partial charge in [0.05, 0.1) is 4.90 Å². The smallest absolute Gasteiger partial charge is 0.264 e. The van der Waals surface area contributed by atoms with E-state index in [-0.39, 0.29) is 16.6 Å². The first-order chi connectivity index (χ1) is 14.7. The first kappa shape index (κ1) is 23.5. The summed E-state index contributed by atoms with van der Waals surface area (Å²) in [5.74, 6) is 0.634. The Morgan fingerprint density at radius 3 is 2.35 bits per heavy atom. The predicted octanol–water partition coefficient (Wildman–Crippen LogP) is 3.65. The van der Waals surface area contributed by atoms with E-state index in [0.29, 0.717) is 35.5 Å². The molecule has 1 heterocycles. The number of anilines is 1. The minimum Gasteiger partial charge on any atom is -0.484 e. The van der Waals surface area contributed by atoms with E-state index in [1.165, 1.54) is 16.4 Å². The minimum absolute atomic E-state index is 0.0883. The minimum atomic E-state index is -3.51. The number of sulfonamides is 1. The molecule has 0 aliphatic carbocycles. The summed E-state index contributed by atoms with van der Waals surface area (Å²) in [6, 6.07) is 12.9. The van der Waals surface area contributed by atoms with Crippen molar-refractivity contribution in [3.05, 3.63) is 53.6 Å². The molecule has 0 radical (unpaired) electrons. The molecule has 7 nitrogen and oxygen atoms in total. The number of piperidine rings is 1. The highest BCUT2D eigenvalue weighted by atomic mass is 35.5. The molecule has 0 atom stereocenters. The molecule has 1 amide bonds. The van der Waals surface area contributed by atoms with E-state index in [1.54, 1.807) is 36.4 Å². The average molecular weight is 482 g/mol. The van der Waals surface area contributed by atoms with Crippen molar-refractivity contribution in [3.63, 3.8) is 0 Å². The lowest BCUT2D eigenvalue weighted by atomic mass is 10.0. The SMILES string of the molecule is CC1CCN(S(=O)(=O)c2ccc(NC(=S)NC(=O)COc3ccc(Cl)cc3)cc2)CC1. The van der Waals surface area contributed by atoms with E-state index in [2.05, 4.69) is 17.6 Å². The molecule has 10 heteroatoms. The zero-order valence-corrected chi connectivity index (χ0v) is 19.4. The summed E-state index contributed by atoms with van der Waals surface area (Å²) in [4.78, 5) is 12.2. The molecule has 31 heavy (non-hydrogen) atoms. The van der Waals surface area contributed by atoms with Gasteiger partial charge in [0.15, 0.2) is 11.7 Å². The molecule has 0 aromatic heterocycles. The second-order valence-electron chi connectivity index (χ2n) is 7.36. The number of thiocarbonyl (C=S) groups is 1. The van der Waals surface area contributed by atoms with Gasteiger partial charge in [-0.1, -0.05) is 18.5 Å². The van der Waals surface area contributed by atoms with Crippen LogP contribution in [0.25, 0.3) is 0 Å². The van der Waals surface area contributed by atoms with E-state index >= 15 is 0 Å². The molecule has 166 valence electrons. The van der Waals surface area contributed by atoms with Crippen molar-refractivity contribution in [1.82, 2.24) is 9.62 Å². The van der Waals surface area contributed by atoms with Crippen molar-refractivity contribution in [2.45, 2.75) is 24.7 Å². The van der Waals surface area contributed by atoms with Crippen LogP contribution in [0.5, 0.6) is 5.75 Å². The number of benzene rings is 2. The molecule has 2 aromatic rings. The van der Waals surface area contributed by atoms with Crippen molar-refractivity contribution in [2.75, 3.05) is 25.0 Å². The number of rotatable bonds is 6. The Morgan fingerprint density at radius 2 is 1.74 bits per heavy atom. The lowest BCUT2D eigenvalue weighted by Gasteiger charge is -2.29. The van der Waals surface area contributed by atoms with Crippen LogP contribution in [0, 0.1) is 5.92 Å². The summed E-state index contributed by atoms with van der Waals surface area (Å²) in [5, 5.41) is 6.04. The van der Waals surface area contributed by atoms with E-state index in [1.807, 2.05) is 0 Å². The Balaban J connectivity index is 1.50. The Kier molecular flexibility index (Phi) is 7.88. The van der Waals surface area contributed by atoms with Gasteiger partial charge in [0.1, 0.15) is 5.75 Å². The van der Waals surface area contributed by atoms with Gasteiger partial charge in [-0.25, -0.2) is 8.42 Å². The van der Waals surface area contributed by atoms with Crippen LogP contribution in [0.15, 0.2) is 53.4 Å². The van der Waals surface area contributed by atoms with Gasteiger partial charge >= 0.3 is 0 Å². The standard InChI is InChI=1S/C21H24ClN3O4S2/c1-15-10-12-25(13-11-15)31(27,28)19-8-4-17(5-9-19)23-21(30)24-20(26)14-29-18-6-2-16(22)3-7-18/h2-9,15H,10-14H2,1H3,(H2,23,24,26,30). The third-order valence-corrected chi connectivity index (χ3v) is 7.30. The number of nitrogens with zero attached hydrogens (tertiary/aromatic N) is 1. The number of ether oxygens (including phenoxy) is 1. The van der Waals surface area contributed by atoms with Crippen LogP contribution >= 0.6 is 23.8 Å². The number of carbonyl (C=O) groups excluding carboxylic acids is 1. The molecule has 2 N–H and O–H groups in total. The number of amides is 1. The van der Waals surface area contributed by atoms with Crippen molar-refractivity contribution in [1.29, 1.82) is 0 Å². The van der Waals surface area contributed by atoms with Crippen LogP contribution < -0.4 is 15.4 Å². The molecular weight excluding hydrogens is 458 g/mol. The van der Waals surface area contributed by atoms with Crippen LogP contribution in [-0.2, 0) is 14.8 Å². The van der Waals surface area contributed by atoms with Crippen LogP contribution in [0.1, 0.15) is 19.8 Å². The van der Waals surface area contributed by atoms with Crippen LogP contribution in [0.2, 0.25) is 5.02 Å². The van der Waals surface area contributed by atoms with Gasteiger partial charge in [0, 0.05) is 23.8 Å². The number of hydrogen-bond donors (Lipinski definition) is 2. The molecular formula is C21H24ClN3O4S2. The highest BCUT2D eigenvalue weighted by Gasteiger charge is 2.27. The van der Waals surface area contributed by atoms with Crippen molar-refractivity contribution >= 4 is 50.5 Å². The van der Waals surface area contributed by atoms with Gasteiger partial charge in [-0.15, -0.1) is 0 Å². The molecule has 0 saturated carbocycles. The Hall–Kier alpha value is -2.20. The Bertz CT molecular complexity index is 1020. The number of hydrogen-bond acceptors (Lipinski definition) is 5. The molecule has 3 rings (SSSR count). The molecule has 1 fully saturated rings.